The van der Waals surface area contributed by atoms with E-state index < -0.39 is 0 Å². The lowest BCUT2D eigenvalue weighted by molar-refractivity contribution is -0.921. The molecule has 1 saturated heterocycles. The summed E-state index contributed by atoms with van der Waals surface area (Å²) < 4.78 is 5.41. The largest absolute Gasteiger partial charge is 0.370 e. The van der Waals surface area contributed by atoms with Crippen LogP contribution >= 0.6 is 12.2 Å². The molecular formula is C20H26N3OS+. The van der Waals surface area contributed by atoms with Crippen LogP contribution in [0.2, 0.25) is 0 Å². The van der Waals surface area contributed by atoms with Crippen molar-refractivity contribution in [2.45, 2.75) is 13.0 Å². The first-order valence-electron chi connectivity index (χ1n) is 8.88. The highest BCUT2D eigenvalue weighted by Gasteiger charge is 2.13. The molecule has 0 bridgehead atoms. The van der Waals surface area contributed by atoms with Gasteiger partial charge in [-0.05, 0) is 36.3 Å². The van der Waals surface area contributed by atoms with Crippen LogP contribution in [0.3, 0.4) is 0 Å². The molecule has 2 aromatic rings. The number of ether oxygens (including phenoxy) is 1. The average molecular weight is 357 g/mol. The zero-order valence-corrected chi connectivity index (χ0v) is 15.3. The molecule has 0 spiro atoms. The van der Waals surface area contributed by atoms with E-state index in [0.29, 0.717) is 5.11 Å². The van der Waals surface area contributed by atoms with Gasteiger partial charge >= 0.3 is 0 Å². The third-order valence-electron chi connectivity index (χ3n) is 4.41. The molecule has 0 radical (unpaired) electrons. The van der Waals surface area contributed by atoms with Crippen LogP contribution in [0, 0.1) is 0 Å². The summed E-state index contributed by atoms with van der Waals surface area (Å²) in [5, 5.41) is 7.18. The van der Waals surface area contributed by atoms with Crippen molar-refractivity contribution in [2.75, 3.05) is 38.2 Å². The first-order valence-corrected chi connectivity index (χ1v) is 9.29. The molecule has 132 valence electrons. The lowest BCUT2D eigenvalue weighted by Crippen LogP contribution is -3.12. The van der Waals surface area contributed by atoms with E-state index in [2.05, 4.69) is 59.2 Å². The van der Waals surface area contributed by atoms with E-state index in [9.17, 15) is 0 Å². The fourth-order valence-electron chi connectivity index (χ4n) is 2.97. The minimum Gasteiger partial charge on any atom is -0.370 e. The Labute approximate surface area is 155 Å². The quantitative estimate of drug-likeness (QED) is 0.688. The number of hydrogen-bond acceptors (Lipinski definition) is 2. The Bertz CT molecular complexity index is 654. The number of anilines is 1. The van der Waals surface area contributed by atoms with Gasteiger partial charge in [0.05, 0.1) is 13.2 Å². The molecule has 0 atom stereocenters. The molecule has 3 rings (SSSR count). The highest BCUT2D eigenvalue weighted by molar-refractivity contribution is 7.80. The third kappa shape index (κ3) is 6.12. The molecule has 1 fully saturated rings. The molecule has 0 saturated carbocycles. The highest BCUT2D eigenvalue weighted by atomic mass is 32.1. The maximum Gasteiger partial charge on any atom is 0.170 e. The van der Waals surface area contributed by atoms with Crippen LogP contribution in [0.4, 0.5) is 5.69 Å². The number of benzene rings is 2. The van der Waals surface area contributed by atoms with E-state index in [4.69, 9.17) is 17.0 Å². The number of thiocarbonyl (C=S) groups is 1. The second-order valence-corrected chi connectivity index (χ2v) is 6.76. The van der Waals surface area contributed by atoms with Crippen LogP contribution in [-0.2, 0) is 17.7 Å². The molecule has 1 heterocycles. The Kier molecular flexibility index (Phi) is 6.79. The van der Waals surface area contributed by atoms with Gasteiger partial charge in [0.1, 0.15) is 19.6 Å². The van der Waals surface area contributed by atoms with Crippen molar-refractivity contribution in [1.82, 2.24) is 5.32 Å². The number of hydrogen-bond donors (Lipinski definition) is 3. The molecule has 0 amide bonds. The van der Waals surface area contributed by atoms with Crippen LogP contribution in [0.1, 0.15) is 11.1 Å². The standard InChI is InChI=1S/C20H25N3OS/c25-20(21-11-10-17-4-2-1-3-5-17)22-19-8-6-18(7-9-19)16-23-12-14-24-15-13-23/h1-9H,10-16H2,(H2,21,22,25)/p+1. The zero-order valence-electron chi connectivity index (χ0n) is 14.5. The van der Waals surface area contributed by atoms with Crippen molar-refractivity contribution in [3.63, 3.8) is 0 Å². The Morgan fingerprint density at radius 2 is 1.68 bits per heavy atom. The molecule has 1 aliphatic rings. The van der Waals surface area contributed by atoms with Gasteiger partial charge in [-0.15, -0.1) is 0 Å². The van der Waals surface area contributed by atoms with Gasteiger partial charge in [-0.25, -0.2) is 0 Å². The SMILES string of the molecule is S=C(NCCc1ccccc1)Nc1ccc(C[NH+]2CCOCC2)cc1. The normalized spacial score (nSPS) is 14.9. The maximum atomic E-state index is 5.41. The molecule has 25 heavy (non-hydrogen) atoms. The van der Waals surface area contributed by atoms with Crippen molar-refractivity contribution in [3.05, 3.63) is 65.7 Å². The predicted octanol–water partition coefficient (Wildman–Crippen LogP) is 1.63. The predicted molar refractivity (Wildman–Crippen MR) is 106 cm³/mol. The van der Waals surface area contributed by atoms with Crippen molar-refractivity contribution < 1.29 is 9.64 Å². The summed E-state index contributed by atoms with van der Waals surface area (Å²) in [7, 11) is 0. The number of rotatable bonds is 6. The second-order valence-electron chi connectivity index (χ2n) is 6.35. The van der Waals surface area contributed by atoms with E-state index in [1.165, 1.54) is 11.1 Å². The molecule has 4 nitrogen and oxygen atoms in total. The molecular weight excluding hydrogens is 330 g/mol. The van der Waals surface area contributed by atoms with Gasteiger partial charge in [0.2, 0.25) is 0 Å². The minimum absolute atomic E-state index is 0.669. The van der Waals surface area contributed by atoms with Crippen molar-refractivity contribution >= 4 is 23.0 Å². The summed E-state index contributed by atoms with van der Waals surface area (Å²) in [4.78, 5) is 1.59. The van der Waals surface area contributed by atoms with Gasteiger partial charge in [-0.2, -0.15) is 0 Å². The fraction of sp³-hybridized carbons (Fsp3) is 0.350. The topological polar surface area (TPSA) is 37.7 Å². The van der Waals surface area contributed by atoms with Gasteiger partial charge in [0, 0.05) is 17.8 Å². The first-order chi connectivity index (χ1) is 12.3. The van der Waals surface area contributed by atoms with Gasteiger partial charge < -0.3 is 20.3 Å². The van der Waals surface area contributed by atoms with Crippen molar-refractivity contribution in [2.24, 2.45) is 0 Å². The Balaban J connectivity index is 1.40. The van der Waals surface area contributed by atoms with E-state index in [0.717, 1.165) is 51.5 Å². The molecule has 2 aromatic carbocycles. The molecule has 0 aliphatic carbocycles. The summed E-state index contributed by atoms with van der Waals surface area (Å²) in [5.74, 6) is 0. The molecule has 3 N–H and O–H groups in total. The first kappa shape index (κ1) is 17.9. The van der Waals surface area contributed by atoms with Gasteiger partial charge in [-0.3, -0.25) is 0 Å². The van der Waals surface area contributed by atoms with Crippen molar-refractivity contribution in [3.8, 4) is 0 Å². The van der Waals surface area contributed by atoms with Gasteiger partial charge in [-0.1, -0.05) is 42.5 Å². The summed E-state index contributed by atoms with van der Waals surface area (Å²) in [6, 6.07) is 19.0. The molecule has 0 unspecified atom stereocenters. The van der Waals surface area contributed by atoms with Crippen LogP contribution in [0.5, 0.6) is 0 Å². The van der Waals surface area contributed by atoms with Crippen LogP contribution in [0.25, 0.3) is 0 Å². The van der Waals surface area contributed by atoms with E-state index in [1.54, 1.807) is 4.90 Å². The Morgan fingerprint density at radius 3 is 2.40 bits per heavy atom. The fourth-order valence-corrected chi connectivity index (χ4v) is 3.19. The summed E-state index contributed by atoms with van der Waals surface area (Å²) in [6.45, 7) is 5.82. The lowest BCUT2D eigenvalue weighted by atomic mass is 10.1. The van der Waals surface area contributed by atoms with Crippen LogP contribution in [-0.4, -0.2) is 38.0 Å². The summed E-state index contributed by atoms with van der Waals surface area (Å²) >= 11 is 5.37. The Hall–Kier alpha value is -1.95. The molecule has 0 aromatic heterocycles. The minimum atomic E-state index is 0.669. The van der Waals surface area contributed by atoms with Crippen molar-refractivity contribution in [1.29, 1.82) is 0 Å². The van der Waals surface area contributed by atoms with Gasteiger partial charge in [0.15, 0.2) is 5.11 Å². The summed E-state index contributed by atoms with van der Waals surface area (Å²) in [5.41, 5.74) is 3.69. The van der Waals surface area contributed by atoms with E-state index >= 15 is 0 Å². The van der Waals surface area contributed by atoms with Crippen LogP contribution in [0.15, 0.2) is 54.6 Å². The molecule has 1 aliphatic heterocycles. The van der Waals surface area contributed by atoms with E-state index in [-0.39, 0.29) is 0 Å². The van der Waals surface area contributed by atoms with E-state index in [1.807, 2.05) is 6.07 Å². The second kappa shape index (κ2) is 9.51. The lowest BCUT2D eigenvalue weighted by Gasteiger charge is -2.23. The Morgan fingerprint density at radius 1 is 0.960 bits per heavy atom. The summed E-state index contributed by atoms with van der Waals surface area (Å²) in [6.07, 6.45) is 0.962. The number of nitrogens with one attached hydrogen (secondary N) is 3. The molecule has 5 heteroatoms. The highest BCUT2D eigenvalue weighted by Crippen LogP contribution is 2.09. The number of morpholine rings is 1. The maximum absolute atomic E-state index is 5.41. The monoisotopic (exact) mass is 356 g/mol. The third-order valence-corrected chi connectivity index (χ3v) is 4.65. The van der Waals surface area contributed by atoms with Crippen LogP contribution < -0.4 is 15.5 Å². The number of quaternary nitrogens is 1. The average Bonchev–Trinajstić information content (AvgIpc) is 2.65. The van der Waals surface area contributed by atoms with Gasteiger partial charge in [0.25, 0.3) is 0 Å². The smallest absolute Gasteiger partial charge is 0.170 e. The zero-order chi connectivity index (χ0) is 17.3.